The lowest BCUT2D eigenvalue weighted by Gasteiger charge is -2.15. The van der Waals surface area contributed by atoms with Crippen LogP contribution in [0.15, 0.2) is 31.2 Å². The SMILES string of the molecule is CCCc1cc(OCC=C(Br)Br)cc(Br)c1OCCCCCON=C(C)C. The minimum atomic E-state index is 0.494. The first-order valence-electron chi connectivity index (χ1n) is 9.16. The summed E-state index contributed by atoms with van der Waals surface area (Å²) in [7, 11) is 0. The molecule has 4 nitrogen and oxygen atoms in total. The second-order valence-electron chi connectivity index (χ2n) is 6.23. The standard InChI is InChI=1S/C20H28Br3NO3/c1-4-8-16-13-17(25-12-9-19(22)23)14-18(21)20(16)26-10-6-5-7-11-27-24-15(2)3/h9,13-14H,4-8,10-12H2,1-3H3. The molecule has 0 aliphatic heterocycles. The summed E-state index contributed by atoms with van der Waals surface area (Å²) in [6, 6.07) is 4.03. The molecule has 0 heterocycles. The van der Waals surface area contributed by atoms with E-state index in [9.17, 15) is 0 Å². The monoisotopic (exact) mass is 567 g/mol. The van der Waals surface area contributed by atoms with Crippen LogP contribution in [-0.2, 0) is 11.3 Å². The predicted octanol–water partition coefficient (Wildman–Crippen LogP) is 7.37. The zero-order chi connectivity index (χ0) is 20.1. The number of halogens is 3. The molecule has 0 bridgehead atoms. The summed E-state index contributed by atoms with van der Waals surface area (Å²) in [5.41, 5.74) is 2.11. The van der Waals surface area contributed by atoms with E-state index in [0.717, 1.165) is 57.2 Å². The Balaban J connectivity index is 2.53. The van der Waals surface area contributed by atoms with Gasteiger partial charge >= 0.3 is 0 Å². The summed E-state index contributed by atoms with van der Waals surface area (Å²) in [6.07, 6.45) is 6.92. The van der Waals surface area contributed by atoms with E-state index in [2.05, 4.69) is 65.9 Å². The van der Waals surface area contributed by atoms with Crippen molar-refractivity contribution in [2.75, 3.05) is 19.8 Å². The molecule has 0 amide bonds. The molecule has 0 aliphatic carbocycles. The Morgan fingerprint density at radius 1 is 1.07 bits per heavy atom. The van der Waals surface area contributed by atoms with E-state index in [-0.39, 0.29) is 0 Å². The number of rotatable bonds is 13. The maximum Gasteiger partial charge on any atom is 0.136 e. The van der Waals surface area contributed by atoms with Crippen LogP contribution in [0, 0.1) is 0 Å². The molecule has 0 radical (unpaired) electrons. The average Bonchev–Trinajstić information content (AvgIpc) is 2.58. The molecule has 0 saturated heterocycles. The lowest BCUT2D eigenvalue weighted by molar-refractivity contribution is 0.138. The fraction of sp³-hybridized carbons (Fsp3) is 0.550. The van der Waals surface area contributed by atoms with Crippen molar-refractivity contribution < 1.29 is 14.3 Å². The Morgan fingerprint density at radius 3 is 2.48 bits per heavy atom. The summed E-state index contributed by atoms with van der Waals surface area (Å²) in [6.45, 7) is 7.84. The van der Waals surface area contributed by atoms with Gasteiger partial charge in [-0.15, -0.1) is 0 Å². The van der Waals surface area contributed by atoms with Crippen LogP contribution in [0.2, 0.25) is 0 Å². The molecule has 1 aromatic carbocycles. The van der Waals surface area contributed by atoms with Gasteiger partial charge in [0.15, 0.2) is 0 Å². The van der Waals surface area contributed by atoms with E-state index in [1.54, 1.807) is 0 Å². The van der Waals surface area contributed by atoms with Crippen LogP contribution in [0.5, 0.6) is 11.5 Å². The fourth-order valence-corrected chi connectivity index (χ4v) is 3.18. The smallest absolute Gasteiger partial charge is 0.136 e. The molecule has 0 fully saturated rings. The summed E-state index contributed by atoms with van der Waals surface area (Å²) < 4.78 is 13.7. The largest absolute Gasteiger partial charge is 0.492 e. The van der Waals surface area contributed by atoms with Crippen molar-refractivity contribution in [3.8, 4) is 11.5 Å². The molecule has 7 heteroatoms. The fourth-order valence-electron chi connectivity index (χ4n) is 2.32. The summed E-state index contributed by atoms with van der Waals surface area (Å²) in [5, 5.41) is 3.93. The predicted molar refractivity (Wildman–Crippen MR) is 124 cm³/mol. The van der Waals surface area contributed by atoms with Crippen LogP contribution in [0.4, 0.5) is 0 Å². The van der Waals surface area contributed by atoms with Gasteiger partial charge in [-0.3, -0.25) is 0 Å². The number of aryl methyl sites for hydroxylation is 1. The number of hydrogen-bond donors (Lipinski definition) is 0. The number of benzene rings is 1. The summed E-state index contributed by atoms with van der Waals surface area (Å²) >= 11 is 10.3. The van der Waals surface area contributed by atoms with E-state index in [1.165, 1.54) is 5.56 Å². The van der Waals surface area contributed by atoms with Gasteiger partial charge in [0, 0.05) is 0 Å². The van der Waals surface area contributed by atoms with Gasteiger partial charge in [-0.25, -0.2) is 0 Å². The van der Waals surface area contributed by atoms with Crippen LogP contribution in [0.3, 0.4) is 0 Å². The molecular weight excluding hydrogens is 542 g/mol. The molecule has 0 aromatic heterocycles. The van der Waals surface area contributed by atoms with E-state index in [0.29, 0.717) is 19.8 Å². The van der Waals surface area contributed by atoms with Crippen LogP contribution >= 0.6 is 47.8 Å². The minimum Gasteiger partial charge on any atom is -0.492 e. The first-order chi connectivity index (χ1) is 12.9. The number of oxime groups is 1. The molecule has 0 atom stereocenters. The van der Waals surface area contributed by atoms with E-state index in [1.807, 2.05) is 26.0 Å². The molecule has 0 saturated carbocycles. The van der Waals surface area contributed by atoms with Gasteiger partial charge in [0.25, 0.3) is 0 Å². The van der Waals surface area contributed by atoms with E-state index < -0.39 is 0 Å². The molecule has 0 aliphatic rings. The second-order valence-corrected chi connectivity index (χ2v) is 9.86. The van der Waals surface area contributed by atoms with E-state index in [4.69, 9.17) is 14.3 Å². The van der Waals surface area contributed by atoms with Crippen LogP contribution in [0.1, 0.15) is 52.0 Å². The zero-order valence-electron chi connectivity index (χ0n) is 16.2. The first kappa shape index (κ1) is 24.5. The highest BCUT2D eigenvalue weighted by Crippen LogP contribution is 2.35. The third-order valence-electron chi connectivity index (χ3n) is 3.47. The molecule has 0 N–H and O–H groups in total. The van der Waals surface area contributed by atoms with Crippen LogP contribution in [0.25, 0.3) is 0 Å². The number of unbranched alkanes of at least 4 members (excludes halogenated alkanes) is 2. The molecule has 27 heavy (non-hydrogen) atoms. The molecule has 1 aromatic rings. The number of nitrogens with zero attached hydrogens (tertiary/aromatic N) is 1. The Labute approximate surface area is 188 Å². The summed E-state index contributed by atoms with van der Waals surface area (Å²) in [4.78, 5) is 5.21. The van der Waals surface area contributed by atoms with Gasteiger partial charge in [-0.2, -0.15) is 0 Å². The number of hydrogen-bond acceptors (Lipinski definition) is 4. The van der Waals surface area contributed by atoms with Gasteiger partial charge < -0.3 is 14.3 Å². The Hall–Kier alpha value is -0.530. The molecule has 152 valence electrons. The molecule has 0 unspecified atom stereocenters. The topological polar surface area (TPSA) is 40.0 Å². The summed E-state index contributed by atoms with van der Waals surface area (Å²) in [5.74, 6) is 1.75. The van der Waals surface area contributed by atoms with Gasteiger partial charge in [-0.1, -0.05) is 18.5 Å². The normalized spacial score (nSPS) is 10.3. The maximum atomic E-state index is 6.07. The average molecular weight is 570 g/mol. The molecular formula is C20H28Br3NO3. The van der Waals surface area contributed by atoms with Crippen molar-refractivity contribution >= 4 is 53.5 Å². The maximum absolute atomic E-state index is 6.07. The highest BCUT2D eigenvalue weighted by Gasteiger charge is 2.11. The third-order valence-corrected chi connectivity index (χ3v) is 4.71. The Kier molecular flexibility index (Phi) is 13.1. The van der Waals surface area contributed by atoms with Crippen LogP contribution < -0.4 is 9.47 Å². The Bertz CT molecular complexity index is 625. The van der Waals surface area contributed by atoms with Gasteiger partial charge in [0.1, 0.15) is 24.7 Å². The van der Waals surface area contributed by atoms with Crippen molar-refractivity contribution in [2.24, 2.45) is 5.16 Å². The van der Waals surface area contributed by atoms with Crippen molar-refractivity contribution in [3.63, 3.8) is 0 Å². The highest BCUT2D eigenvalue weighted by atomic mass is 79.9. The highest BCUT2D eigenvalue weighted by molar-refractivity contribution is 9.28. The molecule has 1 rings (SSSR count). The Morgan fingerprint density at radius 2 is 1.81 bits per heavy atom. The van der Waals surface area contributed by atoms with Crippen molar-refractivity contribution in [1.82, 2.24) is 0 Å². The lowest BCUT2D eigenvalue weighted by atomic mass is 10.1. The minimum absolute atomic E-state index is 0.494. The first-order valence-corrected chi connectivity index (χ1v) is 11.5. The lowest BCUT2D eigenvalue weighted by Crippen LogP contribution is -2.03. The quantitative estimate of drug-likeness (QED) is 0.141. The second kappa shape index (κ2) is 14.5. The molecule has 0 spiro atoms. The third kappa shape index (κ3) is 11.2. The number of ether oxygens (including phenoxy) is 2. The van der Waals surface area contributed by atoms with Gasteiger partial charge in [-0.05, 0) is 111 Å². The van der Waals surface area contributed by atoms with Crippen molar-refractivity contribution in [2.45, 2.75) is 52.9 Å². The van der Waals surface area contributed by atoms with Crippen molar-refractivity contribution in [3.05, 3.63) is 31.6 Å². The van der Waals surface area contributed by atoms with Crippen molar-refractivity contribution in [1.29, 1.82) is 0 Å². The van der Waals surface area contributed by atoms with Crippen LogP contribution in [-0.4, -0.2) is 25.5 Å². The van der Waals surface area contributed by atoms with Gasteiger partial charge in [0.05, 0.1) is 20.2 Å². The van der Waals surface area contributed by atoms with Gasteiger partial charge in [0.2, 0.25) is 0 Å². The zero-order valence-corrected chi connectivity index (χ0v) is 21.0. The van der Waals surface area contributed by atoms with E-state index >= 15 is 0 Å².